The second kappa shape index (κ2) is 8.02. The van der Waals surface area contributed by atoms with Crippen LogP contribution >= 0.6 is 0 Å². The minimum Gasteiger partial charge on any atom is -0.497 e. The predicted octanol–water partition coefficient (Wildman–Crippen LogP) is 2.79. The first-order valence-electron chi connectivity index (χ1n) is 10.1. The van der Waals surface area contributed by atoms with Crippen LogP contribution in [0.15, 0.2) is 48.5 Å². The average molecular weight is 425 g/mol. The van der Waals surface area contributed by atoms with Crippen LogP contribution < -0.4 is 10.1 Å². The van der Waals surface area contributed by atoms with Gasteiger partial charge in [-0.25, -0.2) is 9.18 Å². The minimum atomic E-state index is -1.34. The van der Waals surface area contributed by atoms with E-state index in [9.17, 15) is 18.8 Å². The fourth-order valence-corrected chi connectivity index (χ4v) is 3.78. The maximum atomic E-state index is 13.3. The number of nitrogens with one attached hydrogen (secondary N) is 1. The number of nitrogens with zero attached hydrogens (tertiary/aromatic N) is 2. The second-order valence-electron chi connectivity index (χ2n) is 8.05. The summed E-state index contributed by atoms with van der Waals surface area (Å²) in [6, 6.07) is 12.3. The molecule has 31 heavy (non-hydrogen) atoms. The molecule has 1 aliphatic heterocycles. The third kappa shape index (κ3) is 4.10. The molecule has 0 aromatic heterocycles. The number of hydrogen-bond acceptors (Lipinski definition) is 4. The topological polar surface area (TPSA) is 79.0 Å². The van der Waals surface area contributed by atoms with E-state index in [1.807, 2.05) is 24.3 Å². The smallest absolute Gasteiger partial charge is 0.325 e. The molecule has 8 heteroatoms. The molecule has 2 aromatic carbocycles. The van der Waals surface area contributed by atoms with E-state index in [4.69, 9.17) is 4.74 Å². The van der Waals surface area contributed by atoms with Crippen LogP contribution in [-0.4, -0.2) is 47.3 Å². The molecule has 1 saturated carbocycles. The van der Waals surface area contributed by atoms with Gasteiger partial charge in [-0.15, -0.1) is 0 Å². The molecule has 1 saturated heterocycles. The molecule has 0 radical (unpaired) electrons. The monoisotopic (exact) mass is 425 g/mol. The largest absolute Gasteiger partial charge is 0.497 e. The lowest BCUT2D eigenvalue weighted by Crippen LogP contribution is -2.45. The van der Waals surface area contributed by atoms with Gasteiger partial charge in [-0.1, -0.05) is 24.3 Å². The Morgan fingerprint density at radius 2 is 1.81 bits per heavy atom. The van der Waals surface area contributed by atoms with Gasteiger partial charge in [-0.05, 0) is 55.2 Å². The van der Waals surface area contributed by atoms with E-state index in [2.05, 4.69) is 5.32 Å². The van der Waals surface area contributed by atoms with Crippen LogP contribution in [0, 0.1) is 5.82 Å². The van der Waals surface area contributed by atoms with Gasteiger partial charge in [0.1, 0.15) is 23.7 Å². The number of halogens is 1. The van der Waals surface area contributed by atoms with Crippen LogP contribution in [0.3, 0.4) is 0 Å². The molecule has 1 unspecified atom stereocenters. The molecular formula is C23H24FN3O4. The number of ether oxygens (including phenoxy) is 1. The van der Waals surface area contributed by atoms with Gasteiger partial charge in [0, 0.05) is 12.6 Å². The molecule has 0 spiro atoms. The number of amides is 4. The summed E-state index contributed by atoms with van der Waals surface area (Å²) >= 11 is 0. The fraction of sp³-hybridized carbons (Fsp3) is 0.348. The molecular weight excluding hydrogens is 401 g/mol. The minimum absolute atomic E-state index is 0.110. The zero-order valence-electron chi connectivity index (χ0n) is 17.4. The molecule has 162 valence electrons. The molecule has 1 N–H and O–H groups in total. The second-order valence-corrected chi connectivity index (χ2v) is 8.05. The van der Waals surface area contributed by atoms with Gasteiger partial charge in [-0.2, -0.15) is 0 Å². The fourth-order valence-electron chi connectivity index (χ4n) is 3.78. The van der Waals surface area contributed by atoms with Crippen LogP contribution in [0.25, 0.3) is 0 Å². The van der Waals surface area contributed by atoms with E-state index in [-0.39, 0.29) is 18.5 Å². The summed E-state index contributed by atoms with van der Waals surface area (Å²) in [5, 5.41) is 2.65. The van der Waals surface area contributed by atoms with Crippen molar-refractivity contribution in [3.05, 3.63) is 65.5 Å². The highest BCUT2D eigenvalue weighted by molar-refractivity contribution is 6.09. The number of methoxy groups -OCH3 is 1. The van der Waals surface area contributed by atoms with Crippen LogP contribution in [-0.2, 0) is 21.7 Å². The summed E-state index contributed by atoms with van der Waals surface area (Å²) in [6.45, 7) is 1.61. The zero-order chi connectivity index (χ0) is 22.2. The third-order valence-corrected chi connectivity index (χ3v) is 5.81. The molecule has 4 amide bonds. The summed E-state index contributed by atoms with van der Waals surface area (Å²) in [5.74, 6) is -0.523. The molecule has 7 nitrogen and oxygen atoms in total. The normalized spacial score (nSPS) is 20.5. The van der Waals surface area contributed by atoms with Crippen molar-refractivity contribution >= 4 is 17.8 Å². The highest BCUT2D eigenvalue weighted by atomic mass is 19.1. The SMILES string of the molecule is COc1ccc(CN(C(=O)CN2C(=O)NC(C)(c3ccc(F)cc3)C2=O)C2CC2)cc1. The summed E-state index contributed by atoms with van der Waals surface area (Å²) in [7, 11) is 1.59. The van der Waals surface area contributed by atoms with E-state index in [0.717, 1.165) is 29.1 Å². The first-order chi connectivity index (χ1) is 14.8. The Morgan fingerprint density at radius 1 is 1.16 bits per heavy atom. The lowest BCUT2D eigenvalue weighted by atomic mass is 9.92. The lowest BCUT2D eigenvalue weighted by Gasteiger charge is -2.25. The molecule has 1 aliphatic carbocycles. The number of imide groups is 1. The first-order valence-corrected chi connectivity index (χ1v) is 10.1. The standard InChI is InChI=1S/C23H24FN3O4/c1-23(16-5-7-17(24)8-6-16)21(29)27(22(30)25-23)14-20(28)26(18-9-10-18)13-15-3-11-19(31-2)12-4-15/h3-8,11-12,18H,9-10,13-14H2,1-2H3,(H,25,30). The van der Waals surface area contributed by atoms with Crippen LogP contribution in [0.5, 0.6) is 5.75 Å². The van der Waals surface area contributed by atoms with Crippen molar-refractivity contribution in [3.63, 3.8) is 0 Å². The van der Waals surface area contributed by atoms with Crippen LogP contribution in [0.1, 0.15) is 30.9 Å². The van der Waals surface area contributed by atoms with Gasteiger partial charge < -0.3 is 15.0 Å². The van der Waals surface area contributed by atoms with Gasteiger partial charge in [-0.3, -0.25) is 14.5 Å². The van der Waals surface area contributed by atoms with Crippen molar-refractivity contribution in [3.8, 4) is 5.75 Å². The van der Waals surface area contributed by atoms with Crippen molar-refractivity contribution in [2.45, 2.75) is 37.9 Å². The van der Waals surface area contributed by atoms with E-state index in [0.29, 0.717) is 12.1 Å². The Bertz CT molecular complexity index is 1000. The summed E-state index contributed by atoms with van der Waals surface area (Å²) in [6.07, 6.45) is 1.80. The molecule has 2 aliphatic rings. The third-order valence-electron chi connectivity index (χ3n) is 5.81. The number of carbonyl (C=O) groups excluding carboxylic acids is 3. The van der Waals surface area contributed by atoms with Crippen molar-refractivity contribution in [1.29, 1.82) is 0 Å². The molecule has 2 fully saturated rings. The van der Waals surface area contributed by atoms with Crippen LogP contribution in [0.4, 0.5) is 9.18 Å². The molecule has 0 bridgehead atoms. The van der Waals surface area contributed by atoms with E-state index >= 15 is 0 Å². The predicted molar refractivity (Wildman–Crippen MR) is 111 cm³/mol. The highest BCUT2D eigenvalue weighted by Gasteiger charge is 2.50. The zero-order valence-corrected chi connectivity index (χ0v) is 17.4. The summed E-state index contributed by atoms with van der Waals surface area (Å²) < 4.78 is 18.4. The maximum Gasteiger partial charge on any atom is 0.325 e. The van der Waals surface area contributed by atoms with E-state index in [1.165, 1.54) is 24.3 Å². The van der Waals surface area contributed by atoms with E-state index < -0.39 is 23.3 Å². The quantitative estimate of drug-likeness (QED) is 0.692. The van der Waals surface area contributed by atoms with Gasteiger partial charge >= 0.3 is 6.03 Å². The Labute approximate surface area is 179 Å². The van der Waals surface area contributed by atoms with Gasteiger partial charge in [0.2, 0.25) is 5.91 Å². The maximum absolute atomic E-state index is 13.3. The highest BCUT2D eigenvalue weighted by Crippen LogP contribution is 2.31. The number of urea groups is 1. The van der Waals surface area contributed by atoms with Gasteiger partial charge in [0.05, 0.1) is 7.11 Å². The molecule has 1 atom stereocenters. The Balaban J connectivity index is 1.48. The number of hydrogen-bond donors (Lipinski definition) is 1. The summed E-state index contributed by atoms with van der Waals surface area (Å²) in [4.78, 5) is 41.3. The average Bonchev–Trinajstić information content (AvgIpc) is 3.57. The number of carbonyl (C=O) groups is 3. The Kier molecular flexibility index (Phi) is 5.39. The molecule has 4 rings (SSSR count). The van der Waals surface area contributed by atoms with E-state index in [1.54, 1.807) is 18.9 Å². The van der Waals surface area contributed by atoms with Gasteiger partial charge in [0.15, 0.2) is 0 Å². The van der Waals surface area contributed by atoms with Gasteiger partial charge in [0.25, 0.3) is 5.91 Å². The molecule has 2 aromatic rings. The lowest BCUT2D eigenvalue weighted by molar-refractivity contribution is -0.139. The number of rotatable bonds is 7. The Morgan fingerprint density at radius 3 is 2.39 bits per heavy atom. The first kappa shape index (κ1) is 20.8. The summed E-state index contributed by atoms with van der Waals surface area (Å²) in [5.41, 5.74) is 0.0553. The van der Waals surface area contributed by atoms with Crippen molar-refractivity contribution in [2.75, 3.05) is 13.7 Å². The van der Waals surface area contributed by atoms with Crippen molar-refractivity contribution in [2.24, 2.45) is 0 Å². The number of benzene rings is 2. The van der Waals surface area contributed by atoms with Crippen molar-refractivity contribution in [1.82, 2.24) is 15.1 Å². The van der Waals surface area contributed by atoms with Crippen molar-refractivity contribution < 1.29 is 23.5 Å². The van der Waals surface area contributed by atoms with Crippen LogP contribution in [0.2, 0.25) is 0 Å². The Hall–Kier alpha value is -3.42. The molecule has 1 heterocycles.